The third kappa shape index (κ3) is 6.68. The number of anilines is 1. The Labute approximate surface area is 184 Å². The van der Waals surface area contributed by atoms with E-state index in [1.54, 1.807) is 6.07 Å². The van der Waals surface area contributed by atoms with Crippen LogP contribution in [0.1, 0.15) is 52.4 Å². The fraction of sp³-hybridized carbons (Fsp3) is 0.296. The molecule has 0 unspecified atom stereocenters. The Bertz CT molecular complexity index is 981. The molecule has 0 fully saturated rings. The lowest BCUT2D eigenvalue weighted by Crippen LogP contribution is -2.06. The van der Waals surface area contributed by atoms with E-state index in [9.17, 15) is 9.18 Å². The Kier molecular flexibility index (Phi) is 8.22. The van der Waals surface area contributed by atoms with Crippen LogP contribution in [0.2, 0.25) is 0 Å². The van der Waals surface area contributed by atoms with Crippen LogP contribution in [0.4, 0.5) is 10.1 Å². The van der Waals surface area contributed by atoms with Crippen molar-refractivity contribution in [2.45, 2.75) is 45.6 Å². The summed E-state index contributed by atoms with van der Waals surface area (Å²) in [6.45, 7) is 2.81. The van der Waals surface area contributed by atoms with Gasteiger partial charge in [-0.1, -0.05) is 61.9 Å². The zero-order chi connectivity index (χ0) is 22.1. The van der Waals surface area contributed by atoms with E-state index >= 15 is 0 Å². The molecule has 4 heteroatoms. The number of unbranched alkanes of at least 4 members (excludes halogenated alkanes) is 1. The highest BCUT2D eigenvalue weighted by molar-refractivity contribution is 5.90. The topological polar surface area (TPSA) is 38.3 Å². The zero-order valence-electron chi connectivity index (χ0n) is 18.3. The lowest BCUT2D eigenvalue weighted by Gasteiger charge is -2.10. The number of carbonyl (C=O) groups excluding carboxylic acids is 1. The highest BCUT2D eigenvalue weighted by Gasteiger charge is 2.12. The van der Waals surface area contributed by atoms with E-state index in [1.165, 1.54) is 48.8 Å². The number of nitrogens with one attached hydrogen (secondary N) is 1. The minimum atomic E-state index is -0.680. The summed E-state index contributed by atoms with van der Waals surface area (Å²) in [5.41, 5.74) is 5.81. The molecular formula is C27H30FNO2. The quantitative estimate of drug-likeness (QED) is 0.389. The van der Waals surface area contributed by atoms with Crippen molar-refractivity contribution in [3.63, 3.8) is 0 Å². The van der Waals surface area contributed by atoms with Gasteiger partial charge in [0.2, 0.25) is 0 Å². The number of benzene rings is 3. The number of hydrogen-bond acceptors (Lipinski definition) is 3. The largest absolute Gasteiger partial charge is 0.465 e. The van der Waals surface area contributed by atoms with Gasteiger partial charge in [-0.3, -0.25) is 0 Å². The minimum Gasteiger partial charge on any atom is -0.465 e. The molecule has 0 heterocycles. The van der Waals surface area contributed by atoms with Crippen molar-refractivity contribution in [2.24, 2.45) is 0 Å². The maximum Gasteiger partial charge on any atom is 0.340 e. The van der Waals surface area contributed by atoms with E-state index in [4.69, 9.17) is 0 Å². The number of halogens is 1. The fourth-order valence-corrected chi connectivity index (χ4v) is 3.47. The monoisotopic (exact) mass is 419 g/mol. The first kappa shape index (κ1) is 22.5. The van der Waals surface area contributed by atoms with Crippen LogP contribution in [0.3, 0.4) is 0 Å². The van der Waals surface area contributed by atoms with Crippen molar-refractivity contribution in [2.75, 3.05) is 12.4 Å². The molecule has 0 spiro atoms. The van der Waals surface area contributed by atoms with Gasteiger partial charge >= 0.3 is 5.97 Å². The number of hydrogen-bond donors (Lipinski definition) is 1. The predicted molar refractivity (Wildman–Crippen MR) is 124 cm³/mol. The molecular weight excluding hydrogens is 389 g/mol. The maximum absolute atomic E-state index is 13.8. The summed E-state index contributed by atoms with van der Waals surface area (Å²) in [5.74, 6) is -1.27. The molecule has 1 N–H and O–H groups in total. The molecule has 0 aromatic heterocycles. The van der Waals surface area contributed by atoms with E-state index in [1.807, 2.05) is 0 Å². The van der Waals surface area contributed by atoms with Crippen LogP contribution in [0.25, 0.3) is 0 Å². The third-order valence-corrected chi connectivity index (χ3v) is 5.44. The van der Waals surface area contributed by atoms with E-state index in [-0.39, 0.29) is 5.56 Å². The van der Waals surface area contributed by atoms with Gasteiger partial charge in [0.25, 0.3) is 0 Å². The molecule has 0 saturated heterocycles. The Balaban J connectivity index is 1.51. The van der Waals surface area contributed by atoms with Gasteiger partial charge in [-0.25, -0.2) is 9.18 Å². The second-order valence-electron chi connectivity index (χ2n) is 7.78. The summed E-state index contributed by atoms with van der Waals surface area (Å²) in [6, 6.07) is 21.8. The van der Waals surface area contributed by atoms with Crippen LogP contribution >= 0.6 is 0 Å². The van der Waals surface area contributed by atoms with Crippen molar-refractivity contribution in [1.82, 2.24) is 0 Å². The molecule has 3 aromatic carbocycles. The summed E-state index contributed by atoms with van der Waals surface area (Å²) in [5, 5.41) is 3.23. The molecule has 0 bridgehead atoms. The molecule has 0 atom stereocenters. The second kappa shape index (κ2) is 11.3. The molecule has 0 saturated carbocycles. The number of methoxy groups -OCH3 is 1. The Hall–Kier alpha value is -3.14. The highest BCUT2D eigenvalue weighted by atomic mass is 19.1. The average molecular weight is 420 g/mol. The Morgan fingerprint density at radius 3 is 1.94 bits per heavy atom. The first-order valence-corrected chi connectivity index (χ1v) is 10.9. The summed E-state index contributed by atoms with van der Waals surface area (Å²) >= 11 is 0. The molecule has 31 heavy (non-hydrogen) atoms. The summed E-state index contributed by atoms with van der Waals surface area (Å²) in [7, 11) is 1.24. The molecule has 0 radical (unpaired) electrons. The normalized spacial score (nSPS) is 10.7. The number of aryl methyl sites for hydroxylation is 3. The number of rotatable bonds is 10. The minimum absolute atomic E-state index is 0.0683. The van der Waals surface area contributed by atoms with Crippen molar-refractivity contribution in [3.05, 3.63) is 100 Å². The van der Waals surface area contributed by atoms with E-state index in [0.717, 1.165) is 24.8 Å². The van der Waals surface area contributed by atoms with E-state index < -0.39 is 11.8 Å². The summed E-state index contributed by atoms with van der Waals surface area (Å²) in [4.78, 5) is 11.6. The third-order valence-electron chi connectivity index (χ3n) is 5.44. The SMILES string of the molecule is CCCCc1ccc(CCc2ccc(CNc3ccc(F)c(C(=O)OC)c3)cc2)cc1. The zero-order valence-corrected chi connectivity index (χ0v) is 18.3. The van der Waals surface area contributed by atoms with Crippen LogP contribution in [0.5, 0.6) is 0 Å². The molecule has 0 aliphatic rings. The van der Waals surface area contributed by atoms with Crippen LogP contribution in [0.15, 0.2) is 66.7 Å². The smallest absolute Gasteiger partial charge is 0.340 e. The number of carbonyl (C=O) groups is 1. The van der Waals surface area contributed by atoms with E-state index in [2.05, 4.69) is 65.5 Å². The molecule has 0 amide bonds. The van der Waals surface area contributed by atoms with Gasteiger partial charge in [0, 0.05) is 12.2 Å². The first-order chi connectivity index (χ1) is 15.1. The van der Waals surface area contributed by atoms with Gasteiger partial charge in [0.05, 0.1) is 12.7 Å². The van der Waals surface area contributed by atoms with Crippen molar-refractivity contribution in [1.29, 1.82) is 0 Å². The number of ether oxygens (including phenoxy) is 1. The van der Waals surface area contributed by atoms with Crippen LogP contribution in [-0.2, 0) is 30.5 Å². The lowest BCUT2D eigenvalue weighted by molar-refractivity contribution is 0.0595. The molecule has 3 rings (SSSR count). The van der Waals surface area contributed by atoms with Crippen LogP contribution in [-0.4, -0.2) is 13.1 Å². The first-order valence-electron chi connectivity index (χ1n) is 10.9. The molecule has 3 aromatic rings. The fourth-order valence-electron chi connectivity index (χ4n) is 3.47. The molecule has 0 aliphatic heterocycles. The van der Waals surface area contributed by atoms with Gasteiger partial charge in [-0.2, -0.15) is 0 Å². The molecule has 0 aliphatic carbocycles. The summed E-state index contributed by atoms with van der Waals surface area (Å²) in [6.07, 6.45) is 5.66. The predicted octanol–water partition coefficient (Wildman–Crippen LogP) is 6.35. The van der Waals surface area contributed by atoms with Gasteiger partial charge in [0.15, 0.2) is 0 Å². The van der Waals surface area contributed by atoms with Gasteiger partial charge in [-0.05, 0) is 66.1 Å². The van der Waals surface area contributed by atoms with E-state index in [0.29, 0.717) is 12.2 Å². The number of esters is 1. The summed E-state index contributed by atoms with van der Waals surface area (Å²) < 4.78 is 18.4. The standard InChI is InChI=1S/C27H30FNO2/c1-3-4-5-20-6-8-21(9-7-20)10-11-22-12-14-23(15-13-22)19-29-24-16-17-26(28)25(18-24)27(30)31-2/h6-9,12-18,29H,3-5,10-11,19H2,1-2H3. The van der Waals surface area contributed by atoms with Crippen LogP contribution < -0.4 is 5.32 Å². The Morgan fingerprint density at radius 2 is 1.39 bits per heavy atom. The van der Waals surface area contributed by atoms with Crippen molar-refractivity contribution < 1.29 is 13.9 Å². The maximum atomic E-state index is 13.8. The lowest BCUT2D eigenvalue weighted by atomic mass is 10.0. The van der Waals surface area contributed by atoms with Gasteiger partial charge in [0.1, 0.15) is 5.82 Å². The molecule has 162 valence electrons. The van der Waals surface area contributed by atoms with Crippen molar-refractivity contribution >= 4 is 11.7 Å². The highest BCUT2D eigenvalue weighted by Crippen LogP contribution is 2.17. The molecule has 3 nitrogen and oxygen atoms in total. The van der Waals surface area contributed by atoms with Crippen LogP contribution in [0, 0.1) is 5.82 Å². The van der Waals surface area contributed by atoms with Gasteiger partial charge < -0.3 is 10.1 Å². The average Bonchev–Trinajstić information content (AvgIpc) is 2.81. The van der Waals surface area contributed by atoms with Crippen molar-refractivity contribution in [3.8, 4) is 0 Å². The van der Waals surface area contributed by atoms with Gasteiger partial charge in [-0.15, -0.1) is 0 Å². The Morgan fingerprint density at radius 1 is 0.839 bits per heavy atom. The second-order valence-corrected chi connectivity index (χ2v) is 7.78.